The monoisotopic (exact) mass is 299 g/mol. The highest BCUT2D eigenvalue weighted by atomic mass is 19.4. The number of alkyl halides is 3. The number of nitrogens with zero attached hydrogens (tertiary/aromatic N) is 2. The van der Waals surface area contributed by atoms with E-state index >= 15 is 0 Å². The van der Waals surface area contributed by atoms with Gasteiger partial charge in [-0.1, -0.05) is 0 Å². The van der Waals surface area contributed by atoms with Crippen molar-refractivity contribution in [3.8, 4) is 0 Å². The predicted octanol–water partition coefficient (Wildman–Crippen LogP) is 2.45. The van der Waals surface area contributed by atoms with Crippen molar-refractivity contribution in [1.82, 2.24) is 20.5 Å². The molecule has 2 aromatic rings. The maximum absolute atomic E-state index is 12.4. The molecule has 1 heterocycles. The Morgan fingerprint density at radius 2 is 1.95 bits per heavy atom. The number of carbonyl (C=O) groups excluding carboxylic acids is 1. The fraction of sp³-hybridized carbons (Fsp3) is 0.250. The van der Waals surface area contributed by atoms with E-state index in [-0.39, 0.29) is 12.2 Å². The zero-order valence-corrected chi connectivity index (χ0v) is 11.0. The van der Waals surface area contributed by atoms with Crippen LogP contribution in [0.3, 0.4) is 0 Å². The highest BCUT2D eigenvalue weighted by Gasteiger charge is 2.29. The van der Waals surface area contributed by atoms with Crippen molar-refractivity contribution in [1.29, 1.82) is 0 Å². The predicted molar refractivity (Wildman–Crippen MR) is 68.4 cm³/mol. The molecule has 0 unspecified atom stereocenters. The molecule has 6 nitrogen and oxygen atoms in total. The van der Waals surface area contributed by atoms with E-state index in [1.807, 2.05) is 0 Å². The number of aryl methyl sites for hydroxylation is 1. The summed E-state index contributed by atoms with van der Waals surface area (Å²) in [7, 11) is 0. The van der Waals surface area contributed by atoms with Crippen LogP contribution in [0.5, 0.6) is 0 Å². The van der Waals surface area contributed by atoms with Gasteiger partial charge in [-0.3, -0.25) is 5.10 Å². The van der Waals surface area contributed by atoms with Gasteiger partial charge in [0.15, 0.2) is 5.82 Å². The topological polar surface area (TPSA) is 82.7 Å². The van der Waals surface area contributed by atoms with E-state index in [0.717, 1.165) is 12.1 Å². The molecule has 0 aliphatic rings. The second-order valence-corrected chi connectivity index (χ2v) is 4.22. The van der Waals surface area contributed by atoms with Gasteiger partial charge in [-0.05, 0) is 31.2 Å². The fourth-order valence-electron chi connectivity index (χ4n) is 1.55. The lowest BCUT2D eigenvalue weighted by molar-refractivity contribution is -0.137. The molecule has 0 spiro atoms. The molecule has 1 aromatic carbocycles. The van der Waals surface area contributed by atoms with Gasteiger partial charge in [0.2, 0.25) is 0 Å². The van der Waals surface area contributed by atoms with Gasteiger partial charge in [0.05, 0.1) is 12.1 Å². The quantitative estimate of drug-likeness (QED) is 0.814. The lowest BCUT2D eigenvalue weighted by Gasteiger charge is -2.09. The molecule has 0 bridgehead atoms. The molecule has 21 heavy (non-hydrogen) atoms. The maximum Gasteiger partial charge on any atom is 0.416 e. The molecule has 0 radical (unpaired) electrons. The SMILES string of the molecule is Cc1nc(CNC(=O)Nc2ccc(C(F)(F)F)cc2)n[nH]1. The Hall–Kier alpha value is -2.58. The minimum atomic E-state index is -4.40. The van der Waals surface area contributed by atoms with Gasteiger partial charge in [-0.2, -0.15) is 18.3 Å². The van der Waals surface area contributed by atoms with Crippen LogP contribution in [0.1, 0.15) is 17.2 Å². The van der Waals surface area contributed by atoms with Crippen LogP contribution >= 0.6 is 0 Å². The Morgan fingerprint density at radius 3 is 2.48 bits per heavy atom. The van der Waals surface area contributed by atoms with E-state index in [1.54, 1.807) is 6.92 Å². The third-order valence-electron chi connectivity index (χ3n) is 2.52. The summed E-state index contributed by atoms with van der Waals surface area (Å²) in [5.74, 6) is 1.03. The summed E-state index contributed by atoms with van der Waals surface area (Å²) in [6.07, 6.45) is -4.40. The molecule has 2 rings (SSSR count). The van der Waals surface area contributed by atoms with E-state index < -0.39 is 17.8 Å². The molecule has 1 aromatic heterocycles. The summed E-state index contributed by atoms with van der Waals surface area (Å²) in [6.45, 7) is 1.83. The number of rotatable bonds is 3. The van der Waals surface area contributed by atoms with Crippen molar-refractivity contribution >= 4 is 11.7 Å². The van der Waals surface area contributed by atoms with Gasteiger partial charge in [-0.25, -0.2) is 9.78 Å². The highest BCUT2D eigenvalue weighted by Crippen LogP contribution is 2.29. The number of nitrogens with one attached hydrogen (secondary N) is 3. The lowest BCUT2D eigenvalue weighted by Crippen LogP contribution is -2.28. The van der Waals surface area contributed by atoms with Crippen molar-refractivity contribution in [2.75, 3.05) is 5.32 Å². The summed E-state index contributed by atoms with van der Waals surface area (Å²) in [4.78, 5) is 15.6. The second kappa shape index (κ2) is 5.81. The Kier molecular flexibility index (Phi) is 4.10. The number of hydrogen-bond acceptors (Lipinski definition) is 3. The molecule has 0 aliphatic carbocycles. The number of H-pyrrole nitrogens is 1. The van der Waals surface area contributed by atoms with Crippen LogP contribution in [0.15, 0.2) is 24.3 Å². The molecule has 3 N–H and O–H groups in total. The number of carbonyl (C=O) groups is 1. The average Bonchev–Trinajstić information content (AvgIpc) is 2.82. The minimum Gasteiger partial charge on any atom is -0.330 e. The van der Waals surface area contributed by atoms with Crippen LogP contribution in [-0.2, 0) is 12.7 Å². The van der Waals surface area contributed by atoms with Crippen LogP contribution in [-0.4, -0.2) is 21.2 Å². The van der Waals surface area contributed by atoms with Gasteiger partial charge in [0, 0.05) is 5.69 Å². The van der Waals surface area contributed by atoms with Gasteiger partial charge in [0.25, 0.3) is 0 Å². The Morgan fingerprint density at radius 1 is 1.29 bits per heavy atom. The first kappa shape index (κ1) is 14.8. The van der Waals surface area contributed by atoms with Crippen LogP contribution in [0.4, 0.5) is 23.7 Å². The number of amides is 2. The number of anilines is 1. The highest BCUT2D eigenvalue weighted by molar-refractivity contribution is 5.89. The third-order valence-corrected chi connectivity index (χ3v) is 2.52. The normalized spacial score (nSPS) is 11.2. The van der Waals surface area contributed by atoms with E-state index in [1.165, 1.54) is 12.1 Å². The van der Waals surface area contributed by atoms with E-state index in [9.17, 15) is 18.0 Å². The Balaban J connectivity index is 1.88. The van der Waals surface area contributed by atoms with Crippen LogP contribution in [0, 0.1) is 6.92 Å². The van der Waals surface area contributed by atoms with Crippen molar-refractivity contribution in [2.45, 2.75) is 19.6 Å². The number of urea groups is 1. The maximum atomic E-state index is 12.4. The van der Waals surface area contributed by atoms with Crippen molar-refractivity contribution in [2.24, 2.45) is 0 Å². The molecule has 0 saturated carbocycles. The number of hydrogen-bond donors (Lipinski definition) is 3. The molecule has 0 saturated heterocycles. The Bertz CT molecular complexity index is 621. The number of aromatic nitrogens is 3. The second-order valence-electron chi connectivity index (χ2n) is 4.22. The summed E-state index contributed by atoms with van der Waals surface area (Å²) >= 11 is 0. The van der Waals surface area contributed by atoms with Gasteiger partial charge in [0.1, 0.15) is 5.82 Å². The van der Waals surface area contributed by atoms with Crippen LogP contribution < -0.4 is 10.6 Å². The first-order valence-corrected chi connectivity index (χ1v) is 5.94. The van der Waals surface area contributed by atoms with Crippen LogP contribution in [0.25, 0.3) is 0 Å². The van der Waals surface area contributed by atoms with E-state index in [0.29, 0.717) is 11.6 Å². The number of halogens is 3. The molecular formula is C12H12F3N5O. The fourth-order valence-corrected chi connectivity index (χ4v) is 1.55. The summed E-state index contributed by atoms with van der Waals surface area (Å²) in [6, 6.07) is 3.60. The largest absolute Gasteiger partial charge is 0.416 e. The molecule has 0 atom stereocenters. The zero-order chi connectivity index (χ0) is 15.5. The summed E-state index contributed by atoms with van der Waals surface area (Å²) in [5.41, 5.74) is -0.517. The first-order chi connectivity index (χ1) is 9.84. The summed E-state index contributed by atoms with van der Waals surface area (Å²) < 4.78 is 37.1. The molecule has 2 amide bonds. The molecular weight excluding hydrogens is 287 g/mol. The minimum absolute atomic E-state index is 0.108. The smallest absolute Gasteiger partial charge is 0.330 e. The third kappa shape index (κ3) is 4.20. The lowest BCUT2D eigenvalue weighted by atomic mass is 10.2. The molecule has 112 valence electrons. The first-order valence-electron chi connectivity index (χ1n) is 5.94. The van der Waals surface area contributed by atoms with E-state index in [2.05, 4.69) is 25.8 Å². The van der Waals surface area contributed by atoms with E-state index in [4.69, 9.17) is 0 Å². The number of benzene rings is 1. The van der Waals surface area contributed by atoms with Gasteiger partial charge in [-0.15, -0.1) is 0 Å². The van der Waals surface area contributed by atoms with Crippen molar-refractivity contribution in [3.05, 3.63) is 41.5 Å². The number of aromatic amines is 1. The zero-order valence-electron chi connectivity index (χ0n) is 11.0. The summed E-state index contributed by atoms with van der Waals surface area (Å²) in [5, 5.41) is 11.4. The molecule has 9 heteroatoms. The van der Waals surface area contributed by atoms with Gasteiger partial charge < -0.3 is 10.6 Å². The molecule has 0 aliphatic heterocycles. The van der Waals surface area contributed by atoms with Crippen LogP contribution in [0.2, 0.25) is 0 Å². The van der Waals surface area contributed by atoms with Crippen molar-refractivity contribution < 1.29 is 18.0 Å². The standard InChI is InChI=1S/C12H12F3N5O/c1-7-17-10(20-19-7)6-16-11(21)18-9-4-2-8(3-5-9)12(13,14)15/h2-5H,6H2,1H3,(H2,16,18,21)(H,17,19,20). The average molecular weight is 299 g/mol. The Labute approximate surface area is 117 Å². The van der Waals surface area contributed by atoms with Gasteiger partial charge >= 0.3 is 12.2 Å². The molecule has 0 fully saturated rings. The van der Waals surface area contributed by atoms with Crippen molar-refractivity contribution in [3.63, 3.8) is 0 Å².